The monoisotopic (exact) mass is 531 g/mol. The zero-order valence-electron chi connectivity index (χ0n) is 22.7. The summed E-state index contributed by atoms with van der Waals surface area (Å²) in [6.07, 6.45) is 5.65. The van der Waals surface area contributed by atoms with E-state index in [0.717, 1.165) is 11.1 Å². The highest BCUT2D eigenvalue weighted by atomic mass is 16.5. The number of carbonyl (C=O) groups excluding carboxylic acids is 3. The van der Waals surface area contributed by atoms with Crippen LogP contribution in [0.2, 0.25) is 0 Å². The Labute approximate surface area is 230 Å². The first-order chi connectivity index (χ1) is 18.9. The molecule has 0 radical (unpaired) electrons. The lowest BCUT2D eigenvalue weighted by Gasteiger charge is -2.55. The molecule has 1 N–H and O–H groups in total. The number of hydrogen-bond acceptors (Lipinski definition) is 5. The number of urea groups is 1. The molecule has 9 nitrogen and oxygen atoms in total. The van der Waals surface area contributed by atoms with E-state index in [4.69, 9.17) is 11.2 Å². The third kappa shape index (κ3) is 6.59. The van der Waals surface area contributed by atoms with Gasteiger partial charge in [0, 0.05) is 13.1 Å². The number of amides is 4. The van der Waals surface area contributed by atoms with Crippen molar-refractivity contribution in [2.45, 2.75) is 45.6 Å². The summed E-state index contributed by atoms with van der Waals surface area (Å²) in [5.74, 6) is 2.15. The predicted octanol–water partition coefficient (Wildman–Crippen LogP) is 2.69. The number of benzene rings is 2. The maximum Gasteiger partial charge on any atom is 0.334 e. The smallest absolute Gasteiger partial charge is 0.334 e. The summed E-state index contributed by atoms with van der Waals surface area (Å²) >= 11 is 0. The van der Waals surface area contributed by atoms with Gasteiger partial charge in [-0.25, -0.2) is 9.80 Å². The lowest BCUT2D eigenvalue weighted by atomic mass is 9.92. The molecule has 3 atom stereocenters. The summed E-state index contributed by atoms with van der Waals surface area (Å²) in [6, 6.07) is 18.4. The molecule has 2 fully saturated rings. The fourth-order valence-electron chi connectivity index (χ4n) is 5.12. The first-order valence-electron chi connectivity index (χ1n) is 13.5. The predicted molar refractivity (Wildman–Crippen MR) is 147 cm³/mol. The summed E-state index contributed by atoms with van der Waals surface area (Å²) < 4.78 is 5.87. The van der Waals surface area contributed by atoms with Crippen molar-refractivity contribution in [2.75, 3.05) is 32.8 Å². The Bertz CT molecular complexity index is 1170. The second kappa shape index (κ2) is 13.3. The van der Waals surface area contributed by atoms with Gasteiger partial charge in [0.15, 0.2) is 0 Å². The fourth-order valence-corrected chi connectivity index (χ4v) is 5.12. The third-order valence-corrected chi connectivity index (χ3v) is 7.33. The Morgan fingerprint density at radius 3 is 2.41 bits per heavy atom. The van der Waals surface area contributed by atoms with Crippen LogP contribution in [0.15, 0.2) is 60.7 Å². The minimum absolute atomic E-state index is 0.0696. The first-order valence-corrected chi connectivity index (χ1v) is 13.5. The Balaban J connectivity index is 1.55. The summed E-state index contributed by atoms with van der Waals surface area (Å²) in [7, 11) is 0. The molecule has 4 amide bonds. The van der Waals surface area contributed by atoms with Crippen LogP contribution in [0.5, 0.6) is 0 Å². The second-order valence-electron chi connectivity index (χ2n) is 9.95. The van der Waals surface area contributed by atoms with Gasteiger partial charge in [0.05, 0.1) is 32.8 Å². The van der Waals surface area contributed by atoms with Crippen LogP contribution in [0.4, 0.5) is 4.79 Å². The topological polar surface area (TPSA) is 85.4 Å². The van der Waals surface area contributed by atoms with E-state index in [9.17, 15) is 14.4 Å². The van der Waals surface area contributed by atoms with Crippen molar-refractivity contribution in [3.63, 3.8) is 0 Å². The van der Waals surface area contributed by atoms with Gasteiger partial charge < -0.3 is 19.9 Å². The quantitative estimate of drug-likeness (QED) is 0.377. The van der Waals surface area contributed by atoms with Crippen LogP contribution < -0.4 is 5.32 Å². The van der Waals surface area contributed by atoms with Crippen LogP contribution in [0.3, 0.4) is 0 Å². The molecular weight excluding hydrogens is 494 g/mol. The molecule has 2 heterocycles. The van der Waals surface area contributed by atoms with Gasteiger partial charge in [-0.3, -0.25) is 9.59 Å². The summed E-state index contributed by atoms with van der Waals surface area (Å²) in [5.41, 5.74) is 2.00. The van der Waals surface area contributed by atoms with E-state index in [2.05, 4.69) is 11.2 Å². The zero-order valence-corrected chi connectivity index (χ0v) is 22.7. The van der Waals surface area contributed by atoms with Gasteiger partial charge in [0.25, 0.3) is 0 Å². The number of nitrogens with zero attached hydrogens (tertiary/aromatic N) is 4. The zero-order chi connectivity index (χ0) is 27.8. The minimum Gasteiger partial charge on any atom is -0.375 e. The molecule has 39 heavy (non-hydrogen) atoms. The number of hydrogen-bond donors (Lipinski definition) is 1. The largest absolute Gasteiger partial charge is 0.375 e. The highest BCUT2D eigenvalue weighted by molar-refractivity contribution is 5.91. The Morgan fingerprint density at radius 1 is 1.10 bits per heavy atom. The van der Waals surface area contributed by atoms with Crippen LogP contribution in [0, 0.1) is 18.3 Å². The van der Waals surface area contributed by atoms with E-state index in [1.54, 1.807) is 14.8 Å². The van der Waals surface area contributed by atoms with E-state index < -0.39 is 12.2 Å². The van der Waals surface area contributed by atoms with Gasteiger partial charge in [-0.2, -0.15) is 5.01 Å². The van der Waals surface area contributed by atoms with Crippen LogP contribution in [-0.2, 0) is 27.5 Å². The van der Waals surface area contributed by atoms with Crippen molar-refractivity contribution in [3.8, 4) is 12.3 Å². The van der Waals surface area contributed by atoms with E-state index in [0.29, 0.717) is 32.7 Å². The lowest BCUT2D eigenvalue weighted by molar-refractivity contribution is -0.192. The molecule has 0 aliphatic carbocycles. The third-order valence-electron chi connectivity index (χ3n) is 7.33. The standard InChI is InChI=1S/C30H37N5O4/c1-4-16-33-21-27(36)34-26(35(33)30(38)31-19-24-12-8-6-9-13-24)20-32(29(37)28(34)23(3)5-2)17-18-39-22-25-14-10-7-11-15-25/h1,6-15,23,26,28H,5,16-22H2,2-3H3,(H,31,38)/t23?,26-,28-/m0/s1. The van der Waals surface area contributed by atoms with Crippen molar-refractivity contribution in [2.24, 2.45) is 5.92 Å². The maximum atomic E-state index is 13.7. The number of rotatable bonds is 10. The summed E-state index contributed by atoms with van der Waals surface area (Å²) in [4.78, 5) is 44.0. The van der Waals surface area contributed by atoms with Crippen molar-refractivity contribution < 1.29 is 19.1 Å². The molecule has 2 aliphatic heterocycles. The SMILES string of the molecule is C#CCN1CC(=O)N2[C@@H](C(C)CC)C(=O)N(CCOCc3ccccc3)C[C@@H]2N1C(=O)NCc1ccccc1. The highest BCUT2D eigenvalue weighted by Gasteiger charge is 2.52. The van der Waals surface area contributed by atoms with Gasteiger partial charge in [0.1, 0.15) is 12.2 Å². The average molecular weight is 532 g/mol. The number of nitrogens with one attached hydrogen (secondary N) is 1. The van der Waals surface area contributed by atoms with Gasteiger partial charge >= 0.3 is 6.03 Å². The molecule has 2 saturated heterocycles. The lowest BCUT2D eigenvalue weighted by Crippen LogP contribution is -2.77. The van der Waals surface area contributed by atoms with Gasteiger partial charge in [-0.1, -0.05) is 86.9 Å². The molecular formula is C30H37N5O4. The molecule has 0 bridgehead atoms. The van der Waals surface area contributed by atoms with Crippen molar-refractivity contribution >= 4 is 17.8 Å². The molecule has 9 heteroatoms. The van der Waals surface area contributed by atoms with Gasteiger partial charge in [0.2, 0.25) is 11.8 Å². The number of carbonyl (C=O) groups is 3. The molecule has 4 rings (SSSR count). The van der Waals surface area contributed by atoms with Crippen molar-refractivity contribution in [3.05, 3.63) is 71.8 Å². The fraction of sp³-hybridized carbons (Fsp3) is 0.433. The van der Waals surface area contributed by atoms with Gasteiger partial charge in [-0.05, 0) is 17.0 Å². The second-order valence-corrected chi connectivity index (χ2v) is 9.95. The molecule has 206 valence electrons. The number of fused-ring (bicyclic) bond motifs is 1. The first kappa shape index (κ1) is 28.1. The maximum absolute atomic E-state index is 13.7. The summed E-state index contributed by atoms with van der Waals surface area (Å²) in [5, 5.41) is 6.10. The van der Waals surface area contributed by atoms with E-state index in [1.807, 2.05) is 74.5 Å². The normalized spacial score (nSPS) is 20.4. The molecule has 2 aliphatic rings. The number of hydrazine groups is 1. The molecule has 2 aromatic rings. The highest BCUT2D eigenvalue weighted by Crippen LogP contribution is 2.30. The molecule has 0 spiro atoms. The summed E-state index contributed by atoms with van der Waals surface area (Å²) in [6.45, 7) is 5.62. The van der Waals surface area contributed by atoms with Crippen LogP contribution >= 0.6 is 0 Å². The average Bonchev–Trinajstić information content (AvgIpc) is 2.95. The van der Waals surface area contributed by atoms with Crippen LogP contribution in [-0.4, -0.2) is 82.7 Å². The molecule has 0 aromatic heterocycles. The van der Waals surface area contributed by atoms with E-state index in [-0.39, 0.29) is 43.4 Å². The molecule has 1 unspecified atom stereocenters. The van der Waals surface area contributed by atoms with E-state index >= 15 is 0 Å². The molecule has 0 saturated carbocycles. The Hall–Kier alpha value is -3.87. The van der Waals surface area contributed by atoms with Crippen LogP contribution in [0.1, 0.15) is 31.4 Å². The van der Waals surface area contributed by atoms with Gasteiger partial charge in [-0.15, -0.1) is 6.42 Å². The number of terminal acetylenes is 1. The number of ether oxygens (including phenoxy) is 1. The Morgan fingerprint density at radius 2 is 1.77 bits per heavy atom. The van der Waals surface area contributed by atoms with Crippen molar-refractivity contribution in [1.82, 2.24) is 25.1 Å². The molecule has 2 aromatic carbocycles. The van der Waals surface area contributed by atoms with Crippen LogP contribution in [0.25, 0.3) is 0 Å². The van der Waals surface area contributed by atoms with Crippen molar-refractivity contribution in [1.29, 1.82) is 0 Å². The number of piperazine rings is 1. The minimum atomic E-state index is -0.679. The Kier molecular flexibility index (Phi) is 9.58. The van der Waals surface area contributed by atoms with E-state index in [1.165, 1.54) is 5.01 Å².